The van der Waals surface area contributed by atoms with Gasteiger partial charge in [0.25, 0.3) is 0 Å². The van der Waals surface area contributed by atoms with E-state index in [9.17, 15) is 4.79 Å². The zero-order chi connectivity index (χ0) is 14.8. The molecule has 0 saturated carbocycles. The molecule has 1 aromatic heterocycles. The van der Waals surface area contributed by atoms with Gasteiger partial charge >= 0.3 is 0 Å². The van der Waals surface area contributed by atoms with E-state index < -0.39 is 0 Å². The van der Waals surface area contributed by atoms with Crippen LogP contribution >= 0.6 is 23.7 Å². The Hall–Kier alpha value is -0.580. The Morgan fingerprint density at radius 1 is 1.32 bits per heavy atom. The molecule has 2 aliphatic heterocycles. The van der Waals surface area contributed by atoms with Crippen LogP contribution in [0.25, 0.3) is 0 Å². The first kappa shape index (κ1) is 17.8. The van der Waals surface area contributed by atoms with Gasteiger partial charge in [-0.2, -0.15) is 0 Å². The number of carbonyl (C=O) groups is 1. The second kappa shape index (κ2) is 7.80. The molecule has 2 bridgehead atoms. The summed E-state index contributed by atoms with van der Waals surface area (Å²) in [5.74, 6) is 0.242. The van der Waals surface area contributed by atoms with E-state index in [0.29, 0.717) is 24.5 Å². The average Bonchev–Trinajstić information content (AvgIpc) is 2.92. The molecule has 3 nitrogen and oxygen atoms in total. The average molecular weight is 343 g/mol. The van der Waals surface area contributed by atoms with Crippen molar-refractivity contribution in [2.24, 2.45) is 0 Å². The zero-order valence-electron chi connectivity index (χ0n) is 13.5. The number of nitrogens with one attached hydrogen (secondary N) is 2. The van der Waals surface area contributed by atoms with Crippen LogP contribution in [0, 0.1) is 13.8 Å². The topological polar surface area (TPSA) is 41.1 Å². The molecule has 2 aliphatic rings. The lowest BCUT2D eigenvalue weighted by Crippen LogP contribution is -2.48. The predicted octanol–water partition coefficient (Wildman–Crippen LogP) is 3.51. The van der Waals surface area contributed by atoms with Crippen LogP contribution in [0.3, 0.4) is 0 Å². The van der Waals surface area contributed by atoms with Crippen LogP contribution in [0.1, 0.15) is 53.8 Å². The predicted molar refractivity (Wildman–Crippen MR) is 95.1 cm³/mol. The first-order chi connectivity index (χ1) is 10.1. The van der Waals surface area contributed by atoms with Gasteiger partial charge in [0, 0.05) is 34.3 Å². The molecule has 0 aromatic carbocycles. The fourth-order valence-electron chi connectivity index (χ4n) is 3.85. The second-order valence-electron chi connectivity index (χ2n) is 6.67. The van der Waals surface area contributed by atoms with Crippen LogP contribution in [0.4, 0.5) is 0 Å². The minimum Gasteiger partial charge on any atom is -0.353 e. The molecule has 2 unspecified atom stereocenters. The number of aryl methyl sites for hydroxylation is 3. The number of piperidine rings is 1. The Morgan fingerprint density at radius 2 is 2.00 bits per heavy atom. The minimum atomic E-state index is 0. The number of hydrogen-bond donors (Lipinski definition) is 2. The molecular formula is C17H27ClN2OS. The molecule has 3 rings (SSSR count). The fraction of sp³-hybridized carbons (Fsp3) is 0.706. The summed E-state index contributed by atoms with van der Waals surface area (Å²) in [6, 6.07) is 3.96. The number of rotatable bonds is 5. The van der Waals surface area contributed by atoms with Gasteiger partial charge in [0.1, 0.15) is 0 Å². The van der Waals surface area contributed by atoms with Crippen molar-refractivity contribution in [2.75, 3.05) is 0 Å². The highest BCUT2D eigenvalue weighted by atomic mass is 35.5. The maximum atomic E-state index is 12.1. The van der Waals surface area contributed by atoms with Crippen molar-refractivity contribution in [2.45, 2.75) is 76.9 Å². The van der Waals surface area contributed by atoms with Crippen LogP contribution in [-0.4, -0.2) is 24.0 Å². The van der Waals surface area contributed by atoms with Crippen molar-refractivity contribution in [3.63, 3.8) is 0 Å². The summed E-state index contributed by atoms with van der Waals surface area (Å²) in [4.78, 5) is 14.9. The Bertz CT molecular complexity index is 505. The number of halogens is 1. The third-order valence-corrected chi connectivity index (χ3v) is 5.84. The number of carbonyl (C=O) groups excluding carboxylic acids is 1. The summed E-state index contributed by atoms with van der Waals surface area (Å²) >= 11 is 1.86. The normalized spacial score (nSPS) is 26.5. The SMILES string of the molecule is Cc1cc(CCCC(=O)NC2CC3CCC(C2)N3)c(C)s1.Cl. The summed E-state index contributed by atoms with van der Waals surface area (Å²) < 4.78 is 0. The highest BCUT2D eigenvalue weighted by Crippen LogP contribution is 2.27. The van der Waals surface area contributed by atoms with Crippen molar-refractivity contribution in [3.8, 4) is 0 Å². The molecule has 0 radical (unpaired) electrons. The molecule has 2 fully saturated rings. The number of amides is 1. The fourth-order valence-corrected chi connectivity index (χ4v) is 4.82. The van der Waals surface area contributed by atoms with Crippen molar-refractivity contribution in [1.82, 2.24) is 10.6 Å². The number of hydrogen-bond acceptors (Lipinski definition) is 3. The summed E-state index contributed by atoms with van der Waals surface area (Å²) in [5.41, 5.74) is 1.42. The maximum Gasteiger partial charge on any atom is 0.220 e. The number of thiophene rings is 1. The standard InChI is InChI=1S/C17H26N2OS.ClH/c1-11-8-13(12(2)21-11)4-3-5-17(20)19-16-9-14-6-7-15(10-16)18-14;/h8,14-16,18H,3-7,9-10H2,1-2H3,(H,19,20);1H. The first-order valence-corrected chi connectivity index (χ1v) is 9.03. The van der Waals surface area contributed by atoms with Crippen molar-refractivity contribution in [1.29, 1.82) is 0 Å². The summed E-state index contributed by atoms with van der Waals surface area (Å²) in [6.45, 7) is 4.33. The van der Waals surface area contributed by atoms with Crippen molar-refractivity contribution in [3.05, 3.63) is 21.4 Å². The molecule has 1 amide bonds. The Labute approximate surface area is 143 Å². The van der Waals surface area contributed by atoms with Gasteiger partial charge in [0.15, 0.2) is 0 Å². The molecule has 3 heterocycles. The van der Waals surface area contributed by atoms with Gasteiger partial charge in [-0.05, 0) is 64.0 Å². The number of fused-ring (bicyclic) bond motifs is 2. The second-order valence-corrected chi connectivity index (χ2v) is 8.13. The molecule has 1 aromatic rings. The van der Waals surface area contributed by atoms with Gasteiger partial charge < -0.3 is 10.6 Å². The highest BCUT2D eigenvalue weighted by Gasteiger charge is 2.33. The van der Waals surface area contributed by atoms with Gasteiger partial charge in [0.05, 0.1) is 0 Å². The van der Waals surface area contributed by atoms with Gasteiger partial charge in [-0.25, -0.2) is 0 Å². The third-order valence-electron chi connectivity index (χ3n) is 4.83. The smallest absolute Gasteiger partial charge is 0.220 e. The van der Waals surface area contributed by atoms with E-state index >= 15 is 0 Å². The van der Waals surface area contributed by atoms with E-state index in [1.54, 1.807) is 0 Å². The van der Waals surface area contributed by atoms with E-state index in [1.807, 2.05) is 11.3 Å². The molecular weight excluding hydrogens is 316 g/mol. The van der Waals surface area contributed by atoms with Crippen LogP contribution in [0.15, 0.2) is 6.07 Å². The summed E-state index contributed by atoms with van der Waals surface area (Å²) in [7, 11) is 0. The van der Waals surface area contributed by atoms with Gasteiger partial charge in [0.2, 0.25) is 5.91 Å². The highest BCUT2D eigenvalue weighted by molar-refractivity contribution is 7.12. The van der Waals surface area contributed by atoms with E-state index in [1.165, 1.54) is 28.2 Å². The molecule has 5 heteroatoms. The van der Waals surface area contributed by atoms with Crippen LogP contribution in [0.5, 0.6) is 0 Å². The lowest BCUT2D eigenvalue weighted by atomic mass is 9.99. The van der Waals surface area contributed by atoms with Crippen LogP contribution in [-0.2, 0) is 11.2 Å². The van der Waals surface area contributed by atoms with Crippen molar-refractivity contribution >= 4 is 29.7 Å². The molecule has 0 aliphatic carbocycles. The lowest BCUT2D eigenvalue weighted by molar-refractivity contribution is -0.122. The molecule has 2 saturated heterocycles. The van der Waals surface area contributed by atoms with Gasteiger partial charge in [-0.1, -0.05) is 0 Å². The molecule has 124 valence electrons. The quantitative estimate of drug-likeness (QED) is 0.859. The summed E-state index contributed by atoms with van der Waals surface area (Å²) in [6.07, 6.45) is 7.45. The minimum absolute atomic E-state index is 0. The largest absolute Gasteiger partial charge is 0.353 e. The maximum absolute atomic E-state index is 12.1. The van der Waals surface area contributed by atoms with Crippen LogP contribution in [0.2, 0.25) is 0 Å². The van der Waals surface area contributed by atoms with Crippen molar-refractivity contribution < 1.29 is 4.79 Å². The Morgan fingerprint density at radius 3 is 2.59 bits per heavy atom. The third kappa shape index (κ3) is 4.46. The molecule has 2 atom stereocenters. The van der Waals surface area contributed by atoms with E-state index in [0.717, 1.165) is 25.7 Å². The lowest BCUT2D eigenvalue weighted by Gasteiger charge is -2.29. The molecule has 2 N–H and O–H groups in total. The monoisotopic (exact) mass is 342 g/mol. The Balaban J connectivity index is 0.00000176. The molecule has 0 spiro atoms. The van der Waals surface area contributed by atoms with Gasteiger partial charge in [-0.3, -0.25) is 4.79 Å². The zero-order valence-corrected chi connectivity index (χ0v) is 15.1. The van der Waals surface area contributed by atoms with E-state index in [2.05, 4.69) is 30.5 Å². The first-order valence-electron chi connectivity index (χ1n) is 8.21. The Kier molecular flexibility index (Phi) is 6.30. The van der Waals surface area contributed by atoms with E-state index in [-0.39, 0.29) is 18.3 Å². The summed E-state index contributed by atoms with van der Waals surface area (Å²) in [5, 5.41) is 6.87. The van der Waals surface area contributed by atoms with Gasteiger partial charge in [-0.15, -0.1) is 23.7 Å². The van der Waals surface area contributed by atoms with Crippen LogP contribution < -0.4 is 10.6 Å². The molecule has 22 heavy (non-hydrogen) atoms. The van der Waals surface area contributed by atoms with E-state index in [4.69, 9.17) is 0 Å².